The zero-order valence-corrected chi connectivity index (χ0v) is 15.1. The van der Waals surface area contributed by atoms with Crippen molar-refractivity contribution < 1.29 is 18.8 Å². The van der Waals surface area contributed by atoms with E-state index in [-0.39, 0.29) is 24.3 Å². The molecule has 0 aliphatic heterocycles. The van der Waals surface area contributed by atoms with Gasteiger partial charge < -0.3 is 14.6 Å². The van der Waals surface area contributed by atoms with Crippen LogP contribution in [0.15, 0.2) is 46.3 Å². The van der Waals surface area contributed by atoms with Crippen LogP contribution in [0.5, 0.6) is 0 Å². The maximum absolute atomic E-state index is 12.1. The number of carbonyl (C=O) groups is 2. The molecule has 3 rings (SSSR count). The number of rotatable bonds is 6. The summed E-state index contributed by atoms with van der Waals surface area (Å²) in [5.41, 5.74) is 0.959. The van der Waals surface area contributed by atoms with E-state index in [2.05, 4.69) is 15.5 Å². The lowest BCUT2D eigenvalue weighted by Gasteiger charge is -2.05. The summed E-state index contributed by atoms with van der Waals surface area (Å²) < 4.78 is 10.2. The fraction of sp³-hybridized carbons (Fsp3) is 0.222. The number of thiophene rings is 1. The van der Waals surface area contributed by atoms with Gasteiger partial charge in [-0.05, 0) is 35.7 Å². The van der Waals surface area contributed by atoms with Gasteiger partial charge in [0.15, 0.2) is 12.4 Å². The van der Waals surface area contributed by atoms with Crippen molar-refractivity contribution in [3.63, 3.8) is 0 Å². The maximum atomic E-state index is 12.1. The molecule has 0 aliphatic carbocycles. The fourth-order valence-electron chi connectivity index (χ4n) is 2.06. The number of benzene rings is 1. The summed E-state index contributed by atoms with van der Waals surface area (Å²) in [5, 5.41) is 8.41. The number of nitrogens with one attached hydrogen (secondary N) is 1. The molecule has 2 aromatic heterocycles. The summed E-state index contributed by atoms with van der Waals surface area (Å²) in [6.07, 6.45) is 0. The van der Waals surface area contributed by atoms with Crippen molar-refractivity contribution in [3.8, 4) is 0 Å². The van der Waals surface area contributed by atoms with E-state index in [1.54, 1.807) is 30.3 Å². The molecule has 0 aliphatic rings. The first kappa shape index (κ1) is 17.8. The molecular weight excluding hydrogens is 354 g/mol. The van der Waals surface area contributed by atoms with Crippen molar-refractivity contribution >= 4 is 28.9 Å². The number of hydrogen-bond donors (Lipinski definition) is 1. The SMILES string of the molecule is CC(C)c1noc(COC(=O)c2ccc(NC(=O)c3cccs3)cc2)n1. The molecule has 0 bridgehead atoms. The molecule has 0 atom stereocenters. The Balaban J connectivity index is 1.55. The molecule has 0 fully saturated rings. The molecule has 2 heterocycles. The highest BCUT2D eigenvalue weighted by Gasteiger charge is 2.13. The molecule has 1 aromatic carbocycles. The largest absolute Gasteiger partial charge is 0.452 e. The zero-order valence-electron chi connectivity index (χ0n) is 14.3. The zero-order chi connectivity index (χ0) is 18.5. The first-order valence-electron chi connectivity index (χ1n) is 7.97. The summed E-state index contributed by atoms with van der Waals surface area (Å²) in [4.78, 5) is 28.8. The number of carbonyl (C=O) groups excluding carboxylic acids is 2. The van der Waals surface area contributed by atoms with Gasteiger partial charge in [0.25, 0.3) is 11.8 Å². The fourth-order valence-corrected chi connectivity index (χ4v) is 2.68. The average Bonchev–Trinajstić information content (AvgIpc) is 3.32. The van der Waals surface area contributed by atoms with Gasteiger partial charge in [0.2, 0.25) is 0 Å². The third kappa shape index (κ3) is 4.34. The van der Waals surface area contributed by atoms with E-state index < -0.39 is 5.97 Å². The maximum Gasteiger partial charge on any atom is 0.338 e. The van der Waals surface area contributed by atoms with E-state index in [0.717, 1.165) is 0 Å². The predicted molar refractivity (Wildman–Crippen MR) is 96.2 cm³/mol. The van der Waals surface area contributed by atoms with Crippen molar-refractivity contribution in [2.24, 2.45) is 0 Å². The molecule has 3 aromatic rings. The van der Waals surface area contributed by atoms with Crippen molar-refractivity contribution in [1.29, 1.82) is 0 Å². The summed E-state index contributed by atoms with van der Waals surface area (Å²) in [6, 6.07) is 10.0. The average molecular weight is 371 g/mol. The highest BCUT2D eigenvalue weighted by atomic mass is 32.1. The number of hydrogen-bond acceptors (Lipinski definition) is 7. The standard InChI is InChI=1S/C18H17N3O4S/c1-11(2)16-20-15(25-21-16)10-24-18(23)12-5-7-13(8-6-12)19-17(22)14-4-3-9-26-14/h3-9,11H,10H2,1-2H3,(H,19,22). The summed E-state index contributed by atoms with van der Waals surface area (Å²) in [6.45, 7) is 3.80. The lowest BCUT2D eigenvalue weighted by Crippen LogP contribution is -2.10. The highest BCUT2D eigenvalue weighted by molar-refractivity contribution is 7.12. The van der Waals surface area contributed by atoms with Crippen molar-refractivity contribution in [2.75, 3.05) is 5.32 Å². The molecule has 134 valence electrons. The Labute approximate surface area is 154 Å². The van der Waals surface area contributed by atoms with Gasteiger partial charge in [-0.1, -0.05) is 25.1 Å². The quantitative estimate of drug-likeness (QED) is 0.661. The van der Waals surface area contributed by atoms with Gasteiger partial charge in [0.05, 0.1) is 10.4 Å². The van der Waals surface area contributed by atoms with E-state index in [1.165, 1.54) is 11.3 Å². The van der Waals surface area contributed by atoms with Crippen LogP contribution in [0.1, 0.15) is 51.5 Å². The summed E-state index contributed by atoms with van der Waals surface area (Å²) in [7, 11) is 0. The Kier molecular flexibility index (Phi) is 5.43. The van der Waals surface area contributed by atoms with E-state index in [1.807, 2.05) is 25.3 Å². The van der Waals surface area contributed by atoms with Crippen LogP contribution in [0.4, 0.5) is 5.69 Å². The normalized spacial score (nSPS) is 10.7. The monoisotopic (exact) mass is 371 g/mol. The third-order valence-corrected chi connectivity index (χ3v) is 4.32. The Hall–Kier alpha value is -3.00. The van der Waals surface area contributed by atoms with Gasteiger partial charge in [0, 0.05) is 11.6 Å². The Morgan fingerprint density at radius 3 is 2.62 bits per heavy atom. The highest BCUT2D eigenvalue weighted by Crippen LogP contribution is 2.15. The lowest BCUT2D eigenvalue weighted by atomic mass is 10.2. The van der Waals surface area contributed by atoms with Crippen LogP contribution in [0.2, 0.25) is 0 Å². The summed E-state index contributed by atoms with van der Waals surface area (Å²) in [5.74, 6) is 0.266. The smallest absolute Gasteiger partial charge is 0.338 e. The minimum atomic E-state index is -0.509. The minimum Gasteiger partial charge on any atom is -0.452 e. The minimum absolute atomic E-state index is 0.0879. The summed E-state index contributed by atoms with van der Waals surface area (Å²) >= 11 is 1.36. The van der Waals surface area contributed by atoms with Crippen molar-refractivity contribution in [3.05, 3.63) is 63.9 Å². The van der Waals surface area contributed by atoms with Gasteiger partial charge in [0.1, 0.15) is 0 Å². The van der Waals surface area contributed by atoms with Gasteiger partial charge in [-0.15, -0.1) is 11.3 Å². The van der Waals surface area contributed by atoms with Crippen LogP contribution < -0.4 is 5.32 Å². The van der Waals surface area contributed by atoms with Gasteiger partial charge in [-0.25, -0.2) is 4.79 Å². The molecule has 1 N–H and O–H groups in total. The molecule has 1 amide bonds. The van der Waals surface area contributed by atoms with E-state index in [4.69, 9.17) is 9.26 Å². The van der Waals surface area contributed by atoms with Crippen molar-refractivity contribution in [2.45, 2.75) is 26.4 Å². The van der Waals surface area contributed by atoms with E-state index in [0.29, 0.717) is 22.0 Å². The third-order valence-electron chi connectivity index (χ3n) is 3.45. The van der Waals surface area contributed by atoms with E-state index in [9.17, 15) is 9.59 Å². The molecule has 0 saturated carbocycles. The molecular formula is C18H17N3O4S. The number of esters is 1. The Morgan fingerprint density at radius 2 is 2.00 bits per heavy atom. The second kappa shape index (κ2) is 7.92. The molecule has 0 radical (unpaired) electrons. The lowest BCUT2D eigenvalue weighted by molar-refractivity contribution is 0.0430. The van der Waals surface area contributed by atoms with Crippen LogP contribution >= 0.6 is 11.3 Å². The van der Waals surface area contributed by atoms with Crippen LogP contribution in [0.25, 0.3) is 0 Å². The second-order valence-corrected chi connectivity index (χ2v) is 6.73. The molecule has 8 heteroatoms. The Morgan fingerprint density at radius 1 is 1.23 bits per heavy atom. The van der Waals surface area contributed by atoms with Crippen LogP contribution in [-0.2, 0) is 11.3 Å². The predicted octanol–water partition coefficient (Wildman–Crippen LogP) is 3.86. The number of nitrogens with zero attached hydrogens (tertiary/aromatic N) is 2. The van der Waals surface area contributed by atoms with Crippen LogP contribution in [0.3, 0.4) is 0 Å². The topological polar surface area (TPSA) is 94.3 Å². The van der Waals surface area contributed by atoms with Gasteiger partial charge >= 0.3 is 5.97 Å². The van der Waals surface area contributed by atoms with Crippen molar-refractivity contribution in [1.82, 2.24) is 10.1 Å². The van der Waals surface area contributed by atoms with Gasteiger partial charge in [-0.2, -0.15) is 4.98 Å². The number of anilines is 1. The molecule has 0 saturated heterocycles. The molecule has 0 spiro atoms. The molecule has 0 unspecified atom stereocenters. The molecule has 26 heavy (non-hydrogen) atoms. The number of aromatic nitrogens is 2. The number of ether oxygens (including phenoxy) is 1. The van der Waals surface area contributed by atoms with Crippen LogP contribution in [0, 0.1) is 0 Å². The number of amides is 1. The van der Waals surface area contributed by atoms with E-state index >= 15 is 0 Å². The van der Waals surface area contributed by atoms with Crippen LogP contribution in [-0.4, -0.2) is 22.0 Å². The van der Waals surface area contributed by atoms with Gasteiger partial charge in [-0.3, -0.25) is 4.79 Å². The Bertz CT molecular complexity index is 886. The first-order valence-corrected chi connectivity index (χ1v) is 8.85. The second-order valence-electron chi connectivity index (χ2n) is 5.79. The first-order chi connectivity index (χ1) is 12.5. The molecule has 7 nitrogen and oxygen atoms in total.